The SMILES string of the molecule is CCCCCCCCCCCCCCCC(=O)N[C@@H]1[C@@H](OCc2ccccc2)[C@H]2OC[C@@H](O2)[C@H]1OCc1ccccc1. The van der Waals surface area contributed by atoms with Crippen LogP contribution in [0.1, 0.15) is 108 Å². The second kappa shape index (κ2) is 19.1. The van der Waals surface area contributed by atoms with Crippen molar-refractivity contribution in [2.45, 2.75) is 141 Å². The molecule has 2 heterocycles. The molecule has 4 rings (SSSR count). The summed E-state index contributed by atoms with van der Waals surface area (Å²) in [5.74, 6) is 0.0472. The lowest BCUT2D eigenvalue weighted by molar-refractivity contribution is -0.224. The average Bonchev–Trinajstić information content (AvgIpc) is 3.45. The molecule has 0 aliphatic carbocycles. The monoisotopic (exact) mass is 579 g/mol. The van der Waals surface area contributed by atoms with Crippen molar-refractivity contribution in [1.82, 2.24) is 5.32 Å². The Labute approximate surface area is 253 Å². The van der Waals surface area contributed by atoms with Gasteiger partial charge in [-0.3, -0.25) is 4.79 Å². The lowest BCUT2D eigenvalue weighted by Crippen LogP contribution is -2.62. The summed E-state index contributed by atoms with van der Waals surface area (Å²) in [7, 11) is 0. The summed E-state index contributed by atoms with van der Waals surface area (Å²) in [6.07, 6.45) is 15.7. The zero-order valence-electron chi connectivity index (χ0n) is 25.7. The van der Waals surface area contributed by atoms with Gasteiger partial charge in [0, 0.05) is 6.42 Å². The quantitative estimate of drug-likeness (QED) is 0.152. The van der Waals surface area contributed by atoms with Crippen molar-refractivity contribution in [2.75, 3.05) is 6.61 Å². The molecule has 2 aromatic carbocycles. The van der Waals surface area contributed by atoms with Gasteiger partial charge in [0.25, 0.3) is 0 Å². The van der Waals surface area contributed by atoms with Gasteiger partial charge in [0.1, 0.15) is 18.3 Å². The molecule has 0 radical (unpaired) electrons. The van der Waals surface area contributed by atoms with Crippen molar-refractivity contribution in [3.63, 3.8) is 0 Å². The van der Waals surface area contributed by atoms with Crippen molar-refractivity contribution >= 4 is 5.91 Å². The van der Waals surface area contributed by atoms with Gasteiger partial charge in [0.05, 0.1) is 25.9 Å². The number of benzene rings is 2. The molecule has 0 saturated carbocycles. The Hall–Kier alpha value is -2.25. The number of hydrogen-bond acceptors (Lipinski definition) is 5. The summed E-state index contributed by atoms with van der Waals surface area (Å²) >= 11 is 0. The molecule has 42 heavy (non-hydrogen) atoms. The van der Waals surface area contributed by atoms with E-state index in [0.717, 1.165) is 24.0 Å². The fraction of sp³-hybridized carbons (Fsp3) is 0.639. The van der Waals surface area contributed by atoms with E-state index < -0.39 is 12.4 Å². The van der Waals surface area contributed by atoms with Crippen LogP contribution in [0.4, 0.5) is 0 Å². The topological polar surface area (TPSA) is 66.0 Å². The Morgan fingerprint density at radius 3 is 1.76 bits per heavy atom. The number of nitrogens with one attached hydrogen (secondary N) is 1. The first kappa shape index (κ1) is 32.7. The maximum Gasteiger partial charge on any atom is 0.220 e. The first-order chi connectivity index (χ1) is 20.7. The highest BCUT2D eigenvalue weighted by Crippen LogP contribution is 2.33. The minimum Gasteiger partial charge on any atom is -0.368 e. The molecule has 2 saturated heterocycles. The summed E-state index contributed by atoms with van der Waals surface area (Å²) in [4.78, 5) is 13.2. The molecule has 2 aromatic rings. The van der Waals surface area contributed by atoms with Gasteiger partial charge in [-0.2, -0.15) is 0 Å². The number of hydrogen-bond donors (Lipinski definition) is 1. The summed E-state index contributed by atoms with van der Waals surface area (Å²) in [6, 6.07) is 19.8. The molecule has 1 amide bonds. The van der Waals surface area contributed by atoms with Crippen LogP contribution in [0.15, 0.2) is 60.7 Å². The van der Waals surface area contributed by atoms with E-state index in [-0.39, 0.29) is 24.2 Å². The van der Waals surface area contributed by atoms with E-state index in [1.54, 1.807) is 0 Å². The second-order valence-electron chi connectivity index (χ2n) is 12.0. The molecule has 0 aromatic heterocycles. The molecule has 2 aliphatic heterocycles. The third kappa shape index (κ3) is 11.1. The fourth-order valence-corrected chi connectivity index (χ4v) is 6.02. The number of rotatable bonds is 21. The molecule has 5 atom stereocenters. The van der Waals surface area contributed by atoms with E-state index in [2.05, 4.69) is 12.2 Å². The van der Waals surface area contributed by atoms with Crippen LogP contribution in [-0.4, -0.2) is 43.2 Å². The molecular weight excluding hydrogens is 526 g/mol. The molecule has 2 aliphatic rings. The van der Waals surface area contributed by atoms with Gasteiger partial charge >= 0.3 is 0 Å². The zero-order valence-corrected chi connectivity index (χ0v) is 25.7. The van der Waals surface area contributed by atoms with Crippen LogP contribution in [0, 0.1) is 0 Å². The van der Waals surface area contributed by atoms with Crippen LogP contribution >= 0.6 is 0 Å². The van der Waals surface area contributed by atoms with Crippen LogP contribution in [-0.2, 0) is 37.0 Å². The van der Waals surface area contributed by atoms with Crippen LogP contribution in [0.25, 0.3) is 0 Å². The van der Waals surface area contributed by atoms with E-state index in [1.165, 1.54) is 70.6 Å². The Morgan fingerprint density at radius 1 is 0.714 bits per heavy atom. The van der Waals surface area contributed by atoms with Gasteiger partial charge in [0.15, 0.2) is 6.29 Å². The van der Waals surface area contributed by atoms with Crippen LogP contribution < -0.4 is 5.32 Å². The van der Waals surface area contributed by atoms with Gasteiger partial charge in [-0.1, -0.05) is 145 Å². The highest BCUT2D eigenvalue weighted by atomic mass is 16.8. The van der Waals surface area contributed by atoms with Gasteiger partial charge in [-0.25, -0.2) is 0 Å². The number of unbranched alkanes of at least 4 members (excludes halogenated alkanes) is 12. The normalized spacial score (nSPS) is 23.2. The van der Waals surface area contributed by atoms with Crippen LogP contribution in [0.5, 0.6) is 0 Å². The first-order valence-electron chi connectivity index (χ1n) is 16.6. The predicted molar refractivity (Wildman–Crippen MR) is 167 cm³/mol. The first-order valence-corrected chi connectivity index (χ1v) is 16.6. The molecular formula is C36H53NO5. The molecule has 6 nitrogen and oxygen atoms in total. The lowest BCUT2D eigenvalue weighted by atomic mass is 9.96. The number of amides is 1. The van der Waals surface area contributed by atoms with Crippen LogP contribution in [0.2, 0.25) is 0 Å². The number of fused-ring (bicyclic) bond motifs is 2. The molecule has 232 valence electrons. The number of ether oxygens (including phenoxy) is 4. The van der Waals surface area contributed by atoms with Gasteiger partial charge in [-0.15, -0.1) is 0 Å². The molecule has 0 unspecified atom stereocenters. The van der Waals surface area contributed by atoms with Crippen molar-refractivity contribution in [3.8, 4) is 0 Å². The summed E-state index contributed by atoms with van der Waals surface area (Å²) < 4.78 is 24.9. The van der Waals surface area contributed by atoms with E-state index in [4.69, 9.17) is 18.9 Å². The van der Waals surface area contributed by atoms with E-state index in [1.807, 2.05) is 60.7 Å². The minimum atomic E-state index is -0.517. The van der Waals surface area contributed by atoms with E-state index >= 15 is 0 Å². The van der Waals surface area contributed by atoms with Gasteiger partial charge in [-0.05, 0) is 17.5 Å². The molecule has 6 heteroatoms. The molecule has 2 bridgehead atoms. The highest BCUT2D eigenvalue weighted by Gasteiger charge is 2.52. The van der Waals surface area contributed by atoms with Crippen molar-refractivity contribution < 1.29 is 23.7 Å². The third-order valence-electron chi connectivity index (χ3n) is 8.48. The predicted octanol–water partition coefficient (Wildman–Crippen LogP) is 7.88. The Bertz CT molecular complexity index is 929. The Morgan fingerprint density at radius 2 is 1.21 bits per heavy atom. The average molecular weight is 580 g/mol. The fourth-order valence-electron chi connectivity index (χ4n) is 6.02. The highest BCUT2D eigenvalue weighted by molar-refractivity contribution is 5.76. The zero-order chi connectivity index (χ0) is 29.2. The summed E-state index contributed by atoms with van der Waals surface area (Å²) in [6.45, 7) is 3.55. The van der Waals surface area contributed by atoms with Crippen molar-refractivity contribution in [2.24, 2.45) is 0 Å². The van der Waals surface area contributed by atoms with Crippen LogP contribution in [0.3, 0.4) is 0 Å². The lowest BCUT2D eigenvalue weighted by Gasteiger charge is -2.41. The smallest absolute Gasteiger partial charge is 0.220 e. The largest absolute Gasteiger partial charge is 0.368 e. The molecule has 2 fully saturated rings. The van der Waals surface area contributed by atoms with Gasteiger partial charge < -0.3 is 24.3 Å². The summed E-state index contributed by atoms with van der Waals surface area (Å²) in [5, 5.41) is 3.29. The Balaban J connectivity index is 1.22. The standard InChI is InChI=1S/C36H53NO5/c1-2-3-4-5-6-7-8-9-10-11-12-13-20-25-32(38)37-33-34(39-26-29-21-16-14-17-22-29)31-28-41-36(42-31)35(33)40-27-30-23-18-15-19-24-30/h14-19,21-24,31,33-36H,2-13,20,25-28H2,1H3,(H,37,38)/t31-,33+,34-,35-,36+/m1/s1. The second-order valence-corrected chi connectivity index (χ2v) is 12.0. The minimum absolute atomic E-state index is 0.0472. The summed E-state index contributed by atoms with van der Waals surface area (Å²) in [5.41, 5.74) is 2.15. The maximum absolute atomic E-state index is 13.2. The maximum atomic E-state index is 13.2. The van der Waals surface area contributed by atoms with E-state index in [9.17, 15) is 4.79 Å². The van der Waals surface area contributed by atoms with E-state index in [0.29, 0.717) is 26.2 Å². The van der Waals surface area contributed by atoms with Gasteiger partial charge in [0.2, 0.25) is 5.91 Å². The molecule has 1 N–H and O–H groups in total. The Kier molecular flexibility index (Phi) is 14.9. The molecule has 0 spiro atoms. The van der Waals surface area contributed by atoms with Crippen molar-refractivity contribution in [3.05, 3.63) is 71.8 Å². The van der Waals surface area contributed by atoms with Crippen molar-refractivity contribution in [1.29, 1.82) is 0 Å². The third-order valence-corrected chi connectivity index (χ3v) is 8.48. The number of carbonyl (C=O) groups is 1. The number of carbonyl (C=O) groups excluding carboxylic acids is 1.